The Kier molecular flexibility index (Phi) is 7.80. The van der Waals surface area contributed by atoms with Crippen LogP contribution in [0.15, 0.2) is 218 Å². The van der Waals surface area contributed by atoms with Gasteiger partial charge in [-0.1, -0.05) is 152 Å². The number of para-hydroxylation sites is 5. The lowest BCUT2D eigenvalue weighted by Crippen LogP contribution is -2.00. The molecular formula is C57H36N6. The SMILES string of the molecule is c1ccc(-c2nc(-c3ccccc3)nc(-c3ccc4c(c3)c3ccc5c(c6ccccc6n5-c5cccc6c7ccccc7n(-c7ccccc7)c56)c3n4-c3ccccc3)n2)cc1. The molecule has 0 unspecified atom stereocenters. The lowest BCUT2D eigenvalue weighted by atomic mass is 10.1. The van der Waals surface area contributed by atoms with E-state index in [4.69, 9.17) is 15.0 Å². The summed E-state index contributed by atoms with van der Waals surface area (Å²) in [6.07, 6.45) is 0. The summed E-state index contributed by atoms with van der Waals surface area (Å²) in [5, 5.41) is 7.11. The first-order valence-electron chi connectivity index (χ1n) is 21.3. The standard InChI is InChI=1S/C57H36N6/c1-5-18-37(19-6-1)55-58-56(38-20-7-2-8-21-38)60-57(59-55)39-32-34-49-46(36-39)44-33-35-50-52(54(44)62(49)41-24-11-4-12-25-41)45-27-14-16-30-48(45)63(50)51-31-17-28-43-42-26-13-15-29-47(42)61(53(43)51)40-22-9-3-10-23-40/h1-36H. The molecule has 4 heterocycles. The van der Waals surface area contributed by atoms with Gasteiger partial charge in [0.05, 0.1) is 38.8 Å². The van der Waals surface area contributed by atoms with E-state index in [9.17, 15) is 0 Å². The summed E-state index contributed by atoms with van der Waals surface area (Å²) >= 11 is 0. The Morgan fingerprint density at radius 3 is 1.37 bits per heavy atom. The van der Waals surface area contributed by atoms with E-state index in [0.29, 0.717) is 17.5 Å². The van der Waals surface area contributed by atoms with Gasteiger partial charge in [-0.05, 0) is 66.7 Å². The van der Waals surface area contributed by atoms with Crippen LogP contribution in [0.1, 0.15) is 0 Å². The van der Waals surface area contributed by atoms with Gasteiger partial charge in [0.2, 0.25) is 0 Å². The van der Waals surface area contributed by atoms with E-state index in [1.54, 1.807) is 0 Å². The van der Waals surface area contributed by atoms with E-state index in [2.05, 4.69) is 171 Å². The van der Waals surface area contributed by atoms with Crippen LogP contribution in [0.4, 0.5) is 0 Å². The second kappa shape index (κ2) is 14.0. The third kappa shape index (κ3) is 5.41. The summed E-state index contributed by atoms with van der Waals surface area (Å²) in [5.41, 5.74) is 13.1. The van der Waals surface area contributed by atoms with Crippen molar-refractivity contribution in [3.63, 3.8) is 0 Å². The van der Waals surface area contributed by atoms with Gasteiger partial charge in [0.25, 0.3) is 0 Å². The molecule has 0 aliphatic heterocycles. The van der Waals surface area contributed by atoms with Crippen molar-refractivity contribution in [3.05, 3.63) is 218 Å². The van der Waals surface area contributed by atoms with Crippen molar-refractivity contribution >= 4 is 65.4 Å². The van der Waals surface area contributed by atoms with Crippen LogP contribution < -0.4 is 0 Å². The quantitative estimate of drug-likeness (QED) is 0.168. The predicted molar refractivity (Wildman–Crippen MR) is 259 cm³/mol. The maximum absolute atomic E-state index is 5.11. The molecule has 0 saturated carbocycles. The lowest BCUT2D eigenvalue weighted by Gasteiger charge is -2.14. The van der Waals surface area contributed by atoms with Crippen molar-refractivity contribution in [2.45, 2.75) is 0 Å². The summed E-state index contributed by atoms with van der Waals surface area (Å²) < 4.78 is 7.34. The number of hydrogen-bond donors (Lipinski definition) is 0. The van der Waals surface area contributed by atoms with E-state index >= 15 is 0 Å². The number of hydrogen-bond acceptors (Lipinski definition) is 3. The van der Waals surface area contributed by atoms with Crippen LogP contribution in [0.5, 0.6) is 0 Å². The molecule has 0 radical (unpaired) electrons. The molecule has 0 fully saturated rings. The minimum absolute atomic E-state index is 0.629. The van der Waals surface area contributed by atoms with E-state index < -0.39 is 0 Å². The molecule has 0 N–H and O–H groups in total. The highest BCUT2D eigenvalue weighted by Gasteiger charge is 2.24. The fourth-order valence-electron chi connectivity index (χ4n) is 9.77. The van der Waals surface area contributed by atoms with Crippen LogP contribution in [0.3, 0.4) is 0 Å². The molecular weight excluding hydrogens is 769 g/mol. The second-order valence-electron chi connectivity index (χ2n) is 16.0. The van der Waals surface area contributed by atoms with Gasteiger partial charge in [-0.25, -0.2) is 15.0 Å². The molecule has 294 valence electrons. The zero-order chi connectivity index (χ0) is 41.4. The van der Waals surface area contributed by atoms with Crippen LogP contribution in [-0.2, 0) is 0 Å². The summed E-state index contributed by atoms with van der Waals surface area (Å²) in [5.74, 6) is 1.91. The number of benzene rings is 9. The van der Waals surface area contributed by atoms with Gasteiger partial charge >= 0.3 is 0 Å². The maximum atomic E-state index is 5.11. The van der Waals surface area contributed by atoms with Crippen LogP contribution in [0, 0.1) is 0 Å². The topological polar surface area (TPSA) is 53.5 Å². The van der Waals surface area contributed by atoms with Crippen LogP contribution in [0.25, 0.3) is 117 Å². The van der Waals surface area contributed by atoms with E-state index in [0.717, 1.165) is 66.6 Å². The van der Waals surface area contributed by atoms with Gasteiger partial charge in [0.15, 0.2) is 17.5 Å². The molecule has 6 nitrogen and oxygen atoms in total. The molecule has 0 saturated heterocycles. The lowest BCUT2D eigenvalue weighted by molar-refractivity contribution is 1.07. The normalized spacial score (nSPS) is 11.8. The molecule has 0 aliphatic carbocycles. The van der Waals surface area contributed by atoms with Gasteiger partial charge in [-0.3, -0.25) is 0 Å². The van der Waals surface area contributed by atoms with Crippen molar-refractivity contribution < 1.29 is 0 Å². The first kappa shape index (κ1) is 35.2. The monoisotopic (exact) mass is 804 g/mol. The van der Waals surface area contributed by atoms with Crippen LogP contribution >= 0.6 is 0 Å². The highest BCUT2D eigenvalue weighted by molar-refractivity contribution is 6.27. The molecule has 0 atom stereocenters. The summed E-state index contributed by atoms with van der Waals surface area (Å²) in [6, 6.07) is 77.4. The predicted octanol–water partition coefficient (Wildman–Crippen LogP) is 14.2. The zero-order valence-electron chi connectivity index (χ0n) is 34.0. The second-order valence-corrected chi connectivity index (χ2v) is 16.0. The average molecular weight is 805 g/mol. The van der Waals surface area contributed by atoms with Gasteiger partial charge in [0, 0.05) is 60.4 Å². The summed E-state index contributed by atoms with van der Waals surface area (Å²) in [7, 11) is 0. The Morgan fingerprint density at radius 1 is 0.270 bits per heavy atom. The van der Waals surface area contributed by atoms with Crippen LogP contribution in [-0.4, -0.2) is 28.7 Å². The van der Waals surface area contributed by atoms with Crippen LogP contribution in [0.2, 0.25) is 0 Å². The van der Waals surface area contributed by atoms with E-state index in [1.807, 2.05) is 60.7 Å². The maximum Gasteiger partial charge on any atom is 0.164 e. The highest BCUT2D eigenvalue weighted by Crippen LogP contribution is 2.45. The molecule has 63 heavy (non-hydrogen) atoms. The number of nitrogens with zero attached hydrogens (tertiary/aromatic N) is 6. The molecule has 6 heteroatoms. The number of fused-ring (bicyclic) bond motifs is 10. The van der Waals surface area contributed by atoms with Crippen molar-refractivity contribution in [2.24, 2.45) is 0 Å². The van der Waals surface area contributed by atoms with Gasteiger partial charge < -0.3 is 13.7 Å². The van der Waals surface area contributed by atoms with Gasteiger partial charge in [-0.15, -0.1) is 0 Å². The number of aromatic nitrogens is 6. The highest BCUT2D eigenvalue weighted by atomic mass is 15.1. The van der Waals surface area contributed by atoms with Crippen molar-refractivity contribution in [1.29, 1.82) is 0 Å². The Balaban J connectivity index is 1.12. The molecule has 13 rings (SSSR count). The number of rotatable bonds is 6. The Hall–Kier alpha value is -8.61. The van der Waals surface area contributed by atoms with Gasteiger partial charge in [-0.2, -0.15) is 0 Å². The van der Waals surface area contributed by atoms with E-state index in [1.165, 1.54) is 32.6 Å². The summed E-state index contributed by atoms with van der Waals surface area (Å²) in [6.45, 7) is 0. The first-order chi connectivity index (χ1) is 31.3. The molecule has 0 aliphatic rings. The van der Waals surface area contributed by atoms with Gasteiger partial charge in [0.1, 0.15) is 0 Å². The smallest absolute Gasteiger partial charge is 0.164 e. The fraction of sp³-hybridized carbons (Fsp3) is 0. The fourth-order valence-corrected chi connectivity index (χ4v) is 9.77. The Morgan fingerprint density at radius 2 is 0.730 bits per heavy atom. The van der Waals surface area contributed by atoms with E-state index in [-0.39, 0.29) is 0 Å². The minimum Gasteiger partial charge on any atom is -0.309 e. The van der Waals surface area contributed by atoms with Crippen molar-refractivity contribution in [1.82, 2.24) is 28.7 Å². The minimum atomic E-state index is 0.629. The average Bonchev–Trinajstić information content (AvgIpc) is 4.00. The third-order valence-corrected chi connectivity index (χ3v) is 12.5. The summed E-state index contributed by atoms with van der Waals surface area (Å²) in [4.78, 5) is 15.2. The molecule has 4 aromatic heterocycles. The zero-order valence-corrected chi connectivity index (χ0v) is 34.0. The van der Waals surface area contributed by atoms with Crippen molar-refractivity contribution in [3.8, 4) is 51.2 Å². The first-order valence-corrected chi connectivity index (χ1v) is 21.3. The third-order valence-electron chi connectivity index (χ3n) is 12.5. The Bertz CT molecular complexity index is 3830. The molecule has 0 amide bonds. The molecule has 0 spiro atoms. The van der Waals surface area contributed by atoms with Crippen molar-refractivity contribution in [2.75, 3.05) is 0 Å². The Labute approximate surface area is 362 Å². The molecule has 13 aromatic rings. The molecule has 9 aromatic carbocycles. The largest absolute Gasteiger partial charge is 0.309 e. The molecule has 0 bridgehead atoms.